The van der Waals surface area contributed by atoms with Gasteiger partial charge in [0.2, 0.25) is 0 Å². The fraction of sp³-hybridized carbons (Fsp3) is 0.269. The van der Waals surface area contributed by atoms with E-state index in [9.17, 15) is 5.11 Å². The highest BCUT2D eigenvalue weighted by Gasteiger charge is 2.18. The molecule has 1 fully saturated rings. The highest BCUT2D eigenvalue weighted by atomic mass is 35.5. The van der Waals surface area contributed by atoms with Gasteiger partial charge in [-0.3, -0.25) is 20.0 Å². The molecule has 5 rings (SSSR count). The second kappa shape index (κ2) is 10.8. The number of benzene rings is 1. The zero-order chi connectivity index (χ0) is 25.1. The largest absolute Gasteiger partial charge is 0.506 e. The molecule has 0 amide bonds. The SMILES string of the molecule is CC(Oc1ccc2[nH]nc(/C(O)=C/c3ccc(CN4CCOCC4)nc3)c2c1)c1c(Cl)cncc1Cl. The number of fused-ring (bicyclic) bond motifs is 1. The minimum Gasteiger partial charge on any atom is -0.506 e. The summed E-state index contributed by atoms with van der Waals surface area (Å²) < 4.78 is 11.5. The number of aromatic amines is 1. The van der Waals surface area contributed by atoms with Crippen molar-refractivity contribution in [2.75, 3.05) is 26.3 Å². The van der Waals surface area contributed by atoms with E-state index in [2.05, 4.69) is 25.1 Å². The number of nitrogens with zero attached hydrogens (tertiary/aromatic N) is 4. The summed E-state index contributed by atoms with van der Waals surface area (Å²) in [6.07, 6.45) is 6.05. The molecule has 1 saturated heterocycles. The van der Waals surface area contributed by atoms with Gasteiger partial charge >= 0.3 is 0 Å². The first-order chi connectivity index (χ1) is 17.5. The van der Waals surface area contributed by atoms with E-state index in [4.69, 9.17) is 32.7 Å². The third kappa shape index (κ3) is 5.47. The monoisotopic (exact) mass is 525 g/mol. The van der Waals surface area contributed by atoms with E-state index >= 15 is 0 Å². The molecule has 1 aliphatic heterocycles. The number of aliphatic hydroxyl groups excluding tert-OH is 1. The summed E-state index contributed by atoms with van der Waals surface area (Å²) in [5.74, 6) is 0.609. The van der Waals surface area contributed by atoms with Crippen LogP contribution in [0.25, 0.3) is 22.7 Å². The summed E-state index contributed by atoms with van der Waals surface area (Å²) in [7, 11) is 0. The smallest absolute Gasteiger partial charge is 0.144 e. The Morgan fingerprint density at radius 1 is 1.17 bits per heavy atom. The third-order valence-electron chi connectivity index (χ3n) is 6.03. The Bertz CT molecular complexity index is 1360. The van der Waals surface area contributed by atoms with Crippen LogP contribution in [0.2, 0.25) is 10.0 Å². The van der Waals surface area contributed by atoms with Gasteiger partial charge in [-0.1, -0.05) is 29.3 Å². The van der Waals surface area contributed by atoms with Gasteiger partial charge in [0, 0.05) is 49.2 Å². The van der Waals surface area contributed by atoms with Crippen LogP contribution in [-0.2, 0) is 11.3 Å². The first kappa shape index (κ1) is 24.5. The van der Waals surface area contributed by atoms with Crippen molar-refractivity contribution in [2.24, 2.45) is 0 Å². The summed E-state index contributed by atoms with van der Waals surface area (Å²) in [4.78, 5) is 10.8. The summed E-state index contributed by atoms with van der Waals surface area (Å²) in [6.45, 7) is 5.96. The van der Waals surface area contributed by atoms with Crippen LogP contribution in [0.4, 0.5) is 0 Å². The molecule has 4 heterocycles. The van der Waals surface area contributed by atoms with Gasteiger partial charge in [0.1, 0.15) is 23.3 Å². The second-order valence-corrected chi connectivity index (χ2v) is 9.37. The third-order valence-corrected chi connectivity index (χ3v) is 6.63. The number of pyridine rings is 2. The molecule has 186 valence electrons. The zero-order valence-electron chi connectivity index (χ0n) is 19.6. The number of ether oxygens (including phenoxy) is 2. The van der Waals surface area contributed by atoms with Crippen LogP contribution in [-0.4, -0.2) is 56.5 Å². The highest BCUT2D eigenvalue weighted by Crippen LogP contribution is 2.34. The van der Waals surface area contributed by atoms with Crippen LogP contribution >= 0.6 is 23.2 Å². The van der Waals surface area contributed by atoms with Crippen LogP contribution in [0, 0.1) is 0 Å². The maximum Gasteiger partial charge on any atom is 0.144 e. The van der Waals surface area contributed by atoms with E-state index in [1.54, 1.807) is 12.3 Å². The lowest BCUT2D eigenvalue weighted by molar-refractivity contribution is 0.0336. The first-order valence-electron chi connectivity index (χ1n) is 11.6. The molecule has 0 aliphatic carbocycles. The topological polar surface area (TPSA) is 96.4 Å². The summed E-state index contributed by atoms with van der Waals surface area (Å²) in [5.41, 5.74) is 3.60. The molecular weight excluding hydrogens is 501 g/mol. The van der Waals surface area contributed by atoms with Gasteiger partial charge < -0.3 is 14.6 Å². The molecule has 1 aliphatic rings. The number of morpholine rings is 1. The zero-order valence-corrected chi connectivity index (χ0v) is 21.1. The Morgan fingerprint density at radius 2 is 1.94 bits per heavy atom. The molecule has 1 unspecified atom stereocenters. The van der Waals surface area contributed by atoms with E-state index in [1.165, 1.54) is 12.4 Å². The molecule has 0 radical (unpaired) electrons. The van der Waals surface area contributed by atoms with Gasteiger partial charge in [-0.25, -0.2) is 0 Å². The second-order valence-electron chi connectivity index (χ2n) is 8.56. The maximum absolute atomic E-state index is 10.9. The van der Waals surface area contributed by atoms with E-state index in [1.807, 2.05) is 37.3 Å². The fourth-order valence-electron chi connectivity index (χ4n) is 4.16. The number of nitrogens with one attached hydrogen (secondary N) is 1. The predicted molar refractivity (Wildman–Crippen MR) is 140 cm³/mol. The van der Waals surface area contributed by atoms with Gasteiger partial charge in [0.25, 0.3) is 0 Å². The van der Waals surface area contributed by atoms with Gasteiger partial charge in [0.15, 0.2) is 0 Å². The minimum atomic E-state index is -0.410. The molecular formula is C26H25Cl2N5O3. The van der Waals surface area contributed by atoms with Crippen LogP contribution < -0.4 is 4.74 Å². The van der Waals surface area contributed by atoms with Crippen molar-refractivity contribution in [1.82, 2.24) is 25.1 Å². The van der Waals surface area contributed by atoms with Crippen molar-refractivity contribution in [3.63, 3.8) is 0 Å². The Morgan fingerprint density at radius 3 is 2.67 bits per heavy atom. The lowest BCUT2D eigenvalue weighted by Crippen LogP contribution is -2.35. The molecule has 3 aromatic heterocycles. The Labute approximate surface area is 218 Å². The predicted octanol–water partition coefficient (Wildman–Crippen LogP) is 5.69. The van der Waals surface area contributed by atoms with Crippen LogP contribution in [0.1, 0.15) is 35.5 Å². The highest BCUT2D eigenvalue weighted by molar-refractivity contribution is 6.35. The number of aliphatic hydroxyl groups is 1. The van der Waals surface area contributed by atoms with Crippen molar-refractivity contribution < 1.29 is 14.6 Å². The quantitative estimate of drug-likeness (QED) is 0.299. The lowest BCUT2D eigenvalue weighted by atomic mass is 10.1. The Kier molecular flexibility index (Phi) is 7.38. The minimum absolute atomic E-state index is 0.0226. The Hall–Kier alpha value is -3.17. The molecule has 1 aromatic carbocycles. The normalized spacial score (nSPS) is 15.8. The standard InChI is InChI=1S/C26H25Cl2N5O3/c1-16(25-21(27)13-29-14-22(25)28)36-19-4-5-23-20(11-19)26(32-31-23)24(34)10-17-2-3-18(30-12-17)15-33-6-8-35-9-7-33/h2-5,10-14,16,34H,6-9,15H2,1H3,(H,31,32)/b24-10-. The molecule has 4 aromatic rings. The number of hydrogen-bond acceptors (Lipinski definition) is 7. The molecule has 1 atom stereocenters. The van der Waals surface area contributed by atoms with Crippen molar-refractivity contribution in [1.29, 1.82) is 0 Å². The van der Waals surface area contributed by atoms with Crippen LogP contribution in [0.15, 0.2) is 48.9 Å². The van der Waals surface area contributed by atoms with E-state index in [0.29, 0.717) is 27.1 Å². The first-order valence-corrected chi connectivity index (χ1v) is 12.3. The van der Waals surface area contributed by atoms with E-state index < -0.39 is 6.10 Å². The van der Waals surface area contributed by atoms with Gasteiger partial charge in [-0.15, -0.1) is 0 Å². The molecule has 0 spiro atoms. The maximum atomic E-state index is 10.9. The summed E-state index contributed by atoms with van der Waals surface area (Å²) in [5, 5.41) is 19.7. The van der Waals surface area contributed by atoms with Crippen molar-refractivity contribution in [3.05, 3.63) is 81.5 Å². The molecule has 10 heteroatoms. The number of rotatable bonds is 7. The van der Waals surface area contributed by atoms with E-state index in [-0.39, 0.29) is 5.76 Å². The summed E-state index contributed by atoms with van der Waals surface area (Å²) >= 11 is 12.6. The number of H-pyrrole nitrogens is 1. The molecule has 36 heavy (non-hydrogen) atoms. The lowest BCUT2D eigenvalue weighted by Gasteiger charge is -2.26. The fourth-order valence-corrected chi connectivity index (χ4v) is 4.84. The van der Waals surface area contributed by atoms with Crippen LogP contribution in [0.5, 0.6) is 5.75 Å². The van der Waals surface area contributed by atoms with Crippen molar-refractivity contribution >= 4 is 45.9 Å². The number of hydrogen-bond donors (Lipinski definition) is 2. The molecule has 0 saturated carbocycles. The summed E-state index contributed by atoms with van der Waals surface area (Å²) in [6, 6.07) is 9.40. The van der Waals surface area contributed by atoms with Gasteiger partial charge in [0.05, 0.1) is 34.5 Å². The van der Waals surface area contributed by atoms with Gasteiger partial charge in [-0.05, 0) is 42.8 Å². The van der Waals surface area contributed by atoms with Crippen LogP contribution in [0.3, 0.4) is 0 Å². The van der Waals surface area contributed by atoms with E-state index in [0.717, 1.165) is 55.0 Å². The number of halogens is 2. The Balaban J connectivity index is 1.34. The molecule has 8 nitrogen and oxygen atoms in total. The van der Waals surface area contributed by atoms with Crippen molar-refractivity contribution in [2.45, 2.75) is 19.6 Å². The average Bonchev–Trinajstić information content (AvgIpc) is 3.29. The average molecular weight is 526 g/mol. The van der Waals surface area contributed by atoms with Gasteiger partial charge in [-0.2, -0.15) is 5.10 Å². The molecule has 0 bridgehead atoms. The molecule has 2 N–H and O–H groups in total. The number of aromatic nitrogens is 4. The van der Waals surface area contributed by atoms with Crippen molar-refractivity contribution in [3.8, 4) is 5.75 Å².